The van der Waals surface area contributed by atoms with Gasteiger partial charge in [0.05, 0.1) is 13.0 Å². The topological polar surface area (TPSA) is 46.5 Å². The smallest absolute Gasteiger partial charge is 0.306 e. The van der Waals surface area contributed by atoms with Crippen LogP contribution < -0.4 is 4.74 Å². The summed E-state index contributed by atoms with van der Waals surface area (Å²) in [5.41, 5.74) is 2.26. The highest BCUT2D eigenvalue weighted by molar-refractivity contribution is 5.70. The van der Waals surface area contributed by atoms with Crippen molar-refractivity contribution in [3.8, 4) is 5.75 Å². The molecule has 116 valence electrons. The summed E-state index contributed by atoms with van der Waals surface area (Å²) in [6.45, 7) is 11.8. The molecule has 1 aromatic carbocycles. The Bertz CT molecular complexity index is 372. The van der Waals surface area contributed by atoms with Gasteiger partial charge in [-0.25, -0.2) is 0 Å². The Balaban J connectivity index is 0. The summed E-state index contributed by atoms with van der Waals surface area (Å²) in [5.74, 6) is -0.278. The summed E-state index contributed by atoms with van der Waals surface area (Å²) in [7, 11) is 1.63. The van der Waals surface area contributed by atoms with Gasteiger partial charge in [-0.3, -0.25) is 4.79 Å². The van der Waals surface area contributed by atoms with Crippen molar-refractivity contribution in [2.45, 2.75) is 54.4 Å². The molecule has 0 aromatic heterocycles. The minimum Gasteiger partial charge on any atom is -0.497 e. The molecule has 0 fully saturated rings. The molecule has 0 spiro atoms. The maximum atomic E-state index is 10.8. The van der Waals surface area contributed by atoms with Crippen LogP contribution in [0.2, 0.25) is 0 Å². The molecule has 0 unspecified atom stereocenters. The minimum absolute atomic E-state index is 0.348. The summed E-state index contributed by atoms with van der Waals surface area (Å²) in [4.78, 5) is 10.8. The monoisotopic (exact) mass is 282 g/mol. The van der Waals surface area contributed by atoms with Gasteiger partial charge in [0.1, 0.15) is 5.75 Å². The second-order valence-corrected chi connectivity index (χ2v) is 3.93. The van der Waals surface area contributed by atoms with Crippen molar-refractivity contribution >= 4 is 5.97 Å². The van der Waals surface area contributed by atoms with Crippen molar-refractivity contribution in [1.29, 1.82) is 0 Å². The van der Waals surface area contributed by atoms with Gasteiger partial charge >= 0.3 is 5.97 Å². The Morgan fingerprint density at radius 1 is 1.20 bits per heavy atom. The van der Waals surface area contributed by atoms with E-state index < -0.39 is 5.97 Å². The normalized spacial score (nSPS) is 10.3. The molecule has 0 saturated heterocycles. The zero-order valence-electron chi connectivity index (χ0n) is 14.0. The van der Waals surface area contributed by atoms with Gasteiger partial charge in [-0.05, 0) is 36.1 Å². The number of aryl methyl sites for hydroxylation is 1. The number of methoxy groups -OCH3 is 1. The fraction of sp³-hybridized carbons (Fsp3) is 0.588. The number of benzene rings is 1. The molecule has 0 bridgehead atoms. The molecule has 0 aliphatic heterocycles. The van der Waals surface area contributed by atoms with E-state index in [-0.39, 0.29) is 5.92 Å². The van der Waals surface area contributed by atoms with Crippen molar-refractivity contribution in [2.24, 2.45) is 5.92 Å². The van der Waals surface area contributed by atoms with Crippen molar-refractivity contribution in [3.63, 3.8) is 0 Å². The van der Waals surface area contributed by atoms with Crippen molar-refractivity contribution < 1.29 is 14.6 Å². The Kier molecular flexibility index (Phi) is 13.0. The first-order valence-corrected chi connectivity index (χ1v) is 7.47. The van der Waals surface area contributed by atoms with Crippen LogP contribution in [0.4, 0.5) is 0 Å². The summed E-state index contributed by atoms with van der Waals surface area (Å²) in [6, 6.07) is 5.81. The minimum atomic E-state index is -0.752. The lowest BCUT2D eigenvalue weighted by Crippen LogP contribution is -2.13. The summed E-state index contributed by atoms with van der Waals surface area (Å²) in [6.07, 6.45) is 1.46. The number of hydrogen-bond donors (Lipinski definition) is 1. The van der Waals surface area contributed by atoms with Crippen LogP contribution in [0.15, 0.2) is 18.2 Å². The SMILES string of the molecule is CC.CC.CCc1cc(OC)ccc1C[C@H](C)C(=O)O. The highest BCUT2D eigenvalue weighted by Crippen LogP contribution is 2.21. The van der Waals surface area contributed by atoms with Gasteiger partial charge < -0.3 is 9.84 Å². The molecule has 0 aliphatic carbocycles. The van der Waals surface area contributed by atoms with Crippen molar-refractivity contribution in [1.82, 2.24) is 0 Å². The zero-order valence-corrected chi connectivity index (χ0v) is 14.0. The Morgan fingerprint density at radius 3 is 2.15 bits per heavy atom. The van der Waals surface area contributed by atoms with Gasteiger partial charge in [-0.2, -0.15) is 0 Å². The predicted molar refractivity (Wildman–Crippen MR) is 85.6 cm³/mol. The molecule has 0 heterocycles. The van der Waals surface area contributed by atoms with Crippen LogP contribution in [0, 0.1) is 5.92 Å². The van der Waals surface area contributed by atoms with Crippen LogP contribution in [-0.2, 0) is 17.6 Å². The molecule has 0 aliphatic rings. The highest BCUT2D eigenvalue weighted by atomic mass is 16.5. The third-order valence-corrected chi connectivity index (χ3v) is 2.74. The standard InChI is InChI=1S/C13H18O3.2C2H6/c1-4-10-8-12(16-3)6-5-11(10)7-9(2)13(14)15;2*1-2/h5-6,8-9H,4,7H2,1-3H3,(H,14,15);2*1-2H3/t9-;;/m0../s1. The molecular formula is C17H30O3. The number of ether oxygens (including phenoxy) is 1. The van der Waals surface area contributed by atoms with Crippen LogP contribution in [0.5, 0.6) is 5.75 Å². The van der Waals surface area contributed by atoms with Crippen LogP contribution in [0.3, 0.4) is 0 Å². The highest BCUT2D eigenvalue weighted by Gasteiger charge is 2.13. The molecule has 1 N–H and O–H groups in total. The molecule has 3 nitrogen and oxygen atoms in total. The van der Waals surface area contributed by atoms with Gasteiger partial charge in [0, 0.05) is 0 Å². The third kappa shape index (κ3) is 7.17. The van der Waals surface area contributed by atoms with E-state index in [0.717, 1.165) is 23.3 Å². The van der Waals surface area contributed by atoms with Crippen LogP contribution in [0.25, 0.3) is 0 Å². The molecule has 1 aromatic rings. The first-order chi connectivity index (χ1) is 9.58. The van der Waals surface area contributed by atoms with E-state index in [4.69, 9.17) is 9.84 Å². The van der Waals surface area contributed by atoms with Gasteiger partial charge in [0.25, 0.3) is 0 Å². The average molecular weight is 282 g/mol. The molecule has 0 saturated carbocycles. The first kappa shape index (κ1) is 20.8. The molecule has 0 radical (unpaired) electrons. The van der Waals surface area contributed by atoms with Gasteiger partial charge in [0.2, 0.25) is 0 Å². The Morgan fingerprint density at radius 2 is 1.75 bits per heavy atom. The second-order valence-electron chi connectivity index (χ2n) is 3.93. The summed E-state index contributed by atoms with van der Waals surface area (Å²) < 4.78 is 5.15. The van der Waals surface area contributed by atoms with Crippen LogP contribution in [-0.4, -0.2) is 18.2 Å². The maximum absolute atomic E-state index is 10.8. The van der Waals surface area contributed by atoms with Crippen LogP contribution in [0.1, 0.15) is 52.7 Å². The Hall–Kier alpha value is -1.51. The lowest BCUT2D eigenvalue weighted by Gasteiger charge is -2.12. The molecule has 3 heteroatoms. The fourth-order valence-electron chi connectivity index (χ4n) is 1.67. The number of hydrogen-bond acceptors (Lipinski definition) is 2. The number of carboxylic acids is 1. The molecule has 1 rings (SSSR count). The first-order valence-electron chi connectivity index (χ1n) is 7.47. The summed E-state index contributed by atoms with van der Waals surface area (Å²) >= 11 is 0. The summed E-state index contributed by atoms with van der Waals surface area (Å²) in [5, 5.41) is 8.88. The molecule has 20 heavy (non-hydrogen) atoms. The molecular weight excluding hydrogens is 252 g/mol. The Labute approximate surface area is 124 Å². The van der Waals surface area contributed by atoms with Crippen LogP contribution >= 0.6 is 0 Å². The maximum Gasteiger partial charge on any atom is 0.306 e. The van der Waals surface area contributed by atoms with E-state index in [1.165, 1.54) is 0 Å². The van der Waals surface area contributed by atoms with E-state index in [0.29, 0.717) is 6.42 Å². The van der Waals surface area contributed by atoms with Crippen molar-refractivity contribution in [2.75, 3.05) is 7.11 Å². The number of carbonyl (C=O) groups is 1. The van der Waals surface area contributed by atoms with E-state index >= 15 is 0 Å². The lowest BCUT2D eigenvalue weighted by atomic mass is 9.95. The van der Waals surface area contributed by atoms with E-state index in [9.17, 15) is 4.79 Å². The number of rotatable bonds is 5. The second kappa shape index (κ2) is 12.5. The van der Waals surface area contributed by atoms with Gasteiger partial charge in [-0.15, -0.1) is 0 Å². The zero-order chi connectivity index (χ0) is 16.1. The number of aliphatic carboxylic acids is 1. The predicted octanol–water partition coefficient (Wildman–Crippen LogP) is 4.57. The third-order valence-electron chi connectivity index (χ3n) is 2.74. The molecule has 1 atom stereocenters. The lowest BCUT2D eigenvalue weighted by molar-refractivity contribution is -0.141. The fourth-order valence-corrected chi connectivity index (χ4v) is 1.67. The number of carboxylic acid groups (broad SMARTS) is 1. The average Bonchev–Trinajstić information content (AvgIpc) is 2.51. The van der Waals surface area contributed by atoms with Crippen molar-refractivity contribution in [3.05, 3.63) is 29.3 Å². The largest absolute Gasteiger partial charge is 0.497 e. The van der Waals surface area contributed by atoms with E-state index in [1.54, 1.807) is 14.0 Å². The van der Waals surface area contributed by atoms with Gasteiger partial charge in [-0.1, -0.05) is 47.6 Å². The van der Waals surface area contributed by atoms with Gasteiger partial charge in [0.15, 0.2) is 0 Å². The molecule has 0 amide bonds. The van der Waals surface area contributed by atoms with E-state index in [2.05, 4.69) is 6.92 Å². The van der Waals surface area contributed by atoms with E-state index in [1.807, 2.05) is 45.9 Å². The quantitative estimate of drug-likeness (QED) is 0.860.